The van der Waals surface area contributed by atoms with E-state index in [0.29, 0.717) is 19.1 Å². The number of hydrogen-bond acceptors (Lipinski definition) is 4. The Labute approximate surface area is 139 Å². The highest BCUT2D eigenvalue weighted by molar-refractivity contribution is 5.50. The molecule has 126 valence electrons. The van der Waals surface area contributed by atoms with E-state index in [4.69, 9.17) is 4.74 Å². The van der Waals surface area contributed by atoms with Gasteiger partial charge in [-0.25, -0.2) is 4.39 Å². The lowest BCUT2D eigenvalue weighted by Gasteiger charge is -2.27. The second kappa shape index (κ2) is 7.40. The van der Waals surface area contributed by atoms with E-state index >= 15 is 0 Å². The zero-order valence-electron chi connectivity index (χ0n) is 13.2. The van der Waals surface area contributed by atoms with E-state index in [1.165, 1.54) is 18.2 Å². The number of hydrogen-bond donors (Lipinski definition) is 0. The molecule has 2 aromatic rings. The van der Waals surface area contributed by atoms with Gasteiger partial charge in [0, 0.05) is 30.8 Å². The molecule has 0 bridgehead atoms. The molecule has 0 unspecified atom stereocenters. The lowest BCUT2D eigenvalue weighted by atomic mass is 10.1. The highest BCUT2D eigenvalue weighted by atomic mass is 19.1. The van der Waals surface area contributed by atoms with E-state index < -0.39 is 10.7 Å². The Bertz CT molecular complexity index is 703. The van der Waals surface area contributed by atoms with Crippen molar-refractivity contribution in [2.24, 2.45) is 5.92 Å². The molecular formula is C18H19FN2O3. The van der Waals surface area contributed by atoms with E-state index in [1.54, 1.807) is 0 Å². The molecule has 1 atom stereocenters. The largest absolute Gasteiger partial charge is 0.381 e. The molecule has 3 rings (SSSR count). The van der Waals surface area contributed by atoms with Crippen molar-refractivity contribution in [3.8, 4) is 0 Å². The Kier molecular flexibility index (Phi) is 5.05. The number of para-hydroxylation sites is 1. The SMILES string of the molecule is O=[N+]([O-])c1cccc(F)c1CN(C[C@@H]1CCOC1)c1ccccc1. The fraction of sp³-hybridized carbons (Fsp3) is 0.333. The quantitative estimate of drug-likeness (QED) is 0.597. The Morgan fingerprint density at radius 3 is 2.67 bits per heavy atom. The van der Waals surface area contributed by atoms with Gasteiger partial charge in [-0.3, -0.25) is 10.1 Å². The lowest BCUT2D eigenvalue weighted by molar-refractivity contribution is -0.385. The van der Waals surface area contributed by atoms with Crippen molar-refractivity contribution in [3.63, 3.8) is 0 Å². The topological polar surface area (TPSA) is 55.6 Å². The zero-order valence-corrected chi connectivity index (χ0v) is 13.2. The van der Waals surface area contributed by atoms with Crippen LogP contribution in [0.15, 0.2) is 48.5 Å². The van der Waals surface area contributed by atoms with Crippen molar-refractivity contribution < 1.29 is 14.1 Å². The van der Waals surface area contributed by atoms with Crippen LogP contribution < -0.4 is 4.90 Å². The Balaban J connectivity index is 1.90. The first-order chi connectivity index (χ1) is 11.6. The van der Waals surface area contributed by atoms with Crippen molar-refractivity contribution >= 4 is 11.4 Å². The first kappa shape index (κ1) is 16.4. The summed E-state index contributed by atoms with van der Waals surface area (Å²) in [6.07, 6.45) is 0.947. The number of anilines is 1. The first-order valence-electron chi connectivity index (χ1n) is 7.94. The molecule has 24 heavy (non-hydrogen) atoms. The predicted octanol–water partition coefficient (Wildman–Crippen LogP) is 3.78. The van der Waals surface area contributed by atoms with Crippen LogP contribution >= 0.6 is 0 Å². The van der Waals surface area contributed by atoms with Crippen LogP contribution in [0.25, 0.3) is 0 Å². The van der Waals surface area contributed by atoms with Gasteiger partial charge in [-0.1, -0.05) is 24.3 Å². The number of halogens is 1. The Morgan fingerprint density at radius 2 is 2.00 bits per heavy atom. The number of benzene rings is 2. The molecule has 0 aromatic heterocycles. The van der Waals surface area contributed by atoms with Crippen LogP contribution in [0.5, 0.6) is 0 Å². The van der Waals surface area contributed by atoms with Crippen molar-refractivity contribution in [1.29, 1.82) is 0 Å². The molecule has 0 radical (unpaired) electrons. The molecule has 1 heterocycles. The molecule has 0 spiro atoms. The highest BCUT2D eigenvalue weighted by Gasteiger charge is 2.24. The molecule has 1 fully saturated rings. The molecule has 0 saturated carbocycles. The molecule has 6 heteroatoms. The van der Waals surface area contributed by atoms with Crippen LogP contribution in [0.3, 0.4) is 0 Å². The average Bonchev–Trinajstić information content (AvgIpc) is 3.09. The van der Waals surface area contributed by atoms with Gasteiger partial charge in [0.25, 0.3) is 5.69 Å². The average molecular weight is 330 g/mol. The van der Waals surface area contributed by atoms with E-state index in [9.17, 15) is 14.5 Å². The predicted molar refractivity (Wildman–Crippen MR) is 89.5 cm³/mol. The maximum atomic E-state index is 14.2. The van der Waals surface area contributed by atoms with E-state index in [0.717, 1.165) is 18.7 Å². The molecule has 1 aliphatic rings. The summed E-state index contributed by atoms with van der Waals surface area (Å²) in [4.78, 5) is 12.7. The molecular weight excluding hydrogens is 311 g/mol. The Morgan fingerprint density at radius 1 is 1.21 bits per heavy atom. The normalized spacial score (nSPS) is 17.0. The summed E-state index contributed by atoms with van der Waals surface area (Å²) in [7, 11) is 0. The van der Waals surface area contributed by atoms with Gasteiger partial charge >= 0.3 is 0 Å². The standard InChI is InChI=1S/C18H19FN2O3/c19-17-7-4-8-18(21(22)23)16(17)12-20(11-14-9-10-24-13-14)15-5-2-1-3-6-15/h1-8,14H,9-13H2/t14-/m0/s1. The molecule has 0 N–H and O–H groups in total. The smallest absolute Gasteiger partial charge is 0.277 e. The summed E-state index contributed by atoms with van der Waals surface area (Å²) < 4.78 is 19.7. The highest BCUT2D eigenvalue weighted by Crippen LogP contribution is 2.27. The maximum absolute atomic E-state index is 14.2. The van der Waals surface area contributed by atoms with Crippen molar-refractivity contribution in [1.82, 2.24) is 0 Å². The van der Waals surface area contributed by atoms with Crippen LogP contribution in [-0.2, 0) is 11.3 Å². The first-order valence-corrected chi connectivity index (χ1v) is 7.94. The Hall–Kier alpha value is -2.47. The summed E-state index contributed by atoms with van der Waals surface area (Å²) in [5.74, 6) is -0.205. The monoisotopic (exact) mass is 330 g/mol. The second-order valence-corrected chi connectivity index (χ2v) is 5.94. The summed E-state index contributed by atoms with van der Waals surface area (Å²) in [5.41, 5.74) is 0.853. The van der Waals surface area contributed by atoms with E-state index in [2.05, 4.69) is 0 Å². The molecule has 1 aliphatic heterocycles. The van der Waals surface area contributed by atoms with Crippen LogP contribution in [0, 0.1) is 21.8 Å². The van der Waals surface area contributed by atoms with E-state index in [1.807, 2.05) is 35.2 Å². The number of ether oxygens (including phenoxy) is 1. The van der Waals surface area contributed by atoms with E-state index in [-0.39, 0.29) is 17.8 Å². The van der Waals surface area contributed by atoms with Crippen molar-refractivity contribution in [2.75, 3.05) is 24.7 Å². The van der Waals surface area contributed by atoms with Gasteiger partial charge in [0.05, 0.1) is 23.6 Å². The van der Waals surface area contributed by atoms with Crippen molar-refractivity contribution in [3.05, 3.63) is 70.0 Å². The minimum Gasteiger partial charge on any atom is -0.381 e. The summed E-state index contributed by atoms with van der Waals surface area (Å²) in [6.45, 7) is 2.23. The third-order valence-corrected chi connectivity index (χ3v) is 4.26. The van der Waals surface area contributed by atoms with Gasteiger partial charge < -0.3 is 9.64 Å². The molecule has 1 saturated heterocycles. The number of nitro benzene ring substituents is 1. The van der Waals surface area contributed by atoms with Crippen LogP contribution in [0.2, 0.25) is 0 Å². The number of nitrogens with zero attached hydrogens (tertiary/aromatic N) is 2. The number of rotatable bonds is 6. The lowest BCUT2D eigenvalue weighted by Crippen LogP contribution is -2.30. The third kappa shape index (κ3) is 3.71. The van der Waals surface area contributed by atoms with Crippen molar-refractivity contribution in [2.45, 2.75) is 13.0 Å². The van der Waals surface area contributed by atoms with Crippen LogP contribution in [0.1, 0.15) is 12.0 Å². The number of nitro groups is 1. The van der Waals surface area contributed by atoms with Gasteiger partial charge in [-0.15, -0.1) is 0 Å². The minimum absolute atomic E-state index is 0.116. The van der Waals surface area contributed by atoms with Gasteiger partial charge in [-0.2, -0.15) is 0 Å². The summed E-state index contributed by atoms with van der Waals surface area (Å²) in [5, 5.41) is 11.2. The van der Waals surface area contributed by atoms with Gasteiger partial charge in [-0.05, 0) is 24.6 Å². The summed E-state index contributed by atoms with van der Waals surface area (Å²) >= 11 is 0. The van der Waals surface area contributed by atoms with Gasteiger partial charge in [0.1, 0.15) is 5.82 Å². The fourth-order valence-electron chi connectivity index (χ4n) is 3.00. The maximum Gasteiger partial charge on any atom is 0.277 e. The molecule has 5 nitrogen and oxygen atoms in total. The minimum atomic E-state index is -0.548. The zero-order chi connectivity index (χ0) is 16.9. The molecule has 0 aliphatic carbocycles. The van der Waals surface area contributed by atoms with Crippen LogP contribution in [-0.4, -0.2) is 24.7 Å². The van der Waals surface area contributed by atoms with Gasteiger partial charge in [0.2, 0.25) is 0 Å². The third-order valence-electron chi connectivity index (χ3n) is 4.26. The molecule has 2 aromatic carbocycles. The molecule has 0 amide bonds. The van der Waals surface area contributed by atoms with Crippen LogP contribution in [0.4, 0.5) is 15.8 Å². The second-order valence-electron chi connectivity index (χ2n) is 5.94. The fourth-order valence-corrected chi connectivity index (χ4v) is 3.00. The van der Waals surface area contributed by atoms with Gasteiger partial charge in [0.15, 0.2) is 0 Å². The summed E-state index contributed by atoms with van der Waals surface area (Å²) in [6, 6.07) is 13.6.